The summed E-state index contributed by atoms with van der Waals surface area (Å²) in [6, 6.07) is 8.91. The summed E-state index contributed by atoms with van der Waals surface area (Å²) < 4.78 is 0. The molecule has 3 heteroatoms. The van der Waals surface area contributed by atoms with Crippen LogP contribution in [0.15, 0.2) is 30.5 Å². The maximum atomic E-state index is 4.38. The second-order valence-corrected chi connectivity index (χ2v) is 5.73. The molecule has 1 atom stereocenters. The lowest BCUT2D eigenvalue weighted by molar-refractivity contribution is 0.576. The van der Waals surface area contributed by atoms with Crippen LogP contribution >= 0.6 is 11.3 Å². The quantitative estimate of drug-likeness (QED) is 0.883. The van der Waals surface area contributed by atoms with E-state index in [1.807, 2.05) is 6.20 Å². The van der Waals surface area contributed by atoms with Crippen LogP contribution in [-0.2, 0) is 13.0 Å². The Kier molecular flexibility index (Phi) is 4.50. The molecule has 0 aliphatic rings. The van der Waals surface area contributed by atoms with Gasteiger partial charge in [0.25, 0.3) is 0 Å². The average molecular weight is 260 g/mol. The van der Waals surface area contributed by atoms with Gasteiger partial charge < -0.3 is 5.32 Å². The molecule has 0 saturated carbocycles. The third-order valence-electron chi connectivity index (χ3n) is 3.14. The number of nitrogens with zero attached hydrogens (tertiary/aromatic N) is 1. The lowest BCUT2D eigenvalue weighted by Gasteiger charge is -2.15. The molecule has 2 nitrogen and oxygen atoms in total. The molecule has 0 fully saturated rings. The van der Waals surface area contributed by atoms with Crippen LogP contribution in [-0.4, -0.2) is 4.98 Å². The zero-order valence-corrected chi connectivity index (χ0v) is 12.1. The molecule has 1 heterocycles. The Morgan fingerprint density at radius 2 is 2.11 bits per heavy atom. The van der Waals surface area contributed by atoms with E-state index in [1.165, 1.54) is 21.0 Å². The number of thiazole rings is 1. The average Bonchev–Trinajstić information content (AvgIpc) is 2.84. The smallest absolute Gasteiger partial charge is 0.0925 e. The number of rotatable bonds is 5. The van der Waals surface area contributed by atoms with E-state index in [4.69, 9.17) is 0 Å². The van der Waals surface area contributed by atoms with Crippen molar-refractivity contribution in [2.75, 3.05) is 0 Å². The van der Waals surface area contributed by atoms with E-state index < -0.39 is 0 Å². The van der Waals surface area contributed by atoms with Gasteiger partial charge in [0.15, 0.2) is 0 Å². The SMILES string of the molecule is CCc1ncc(CNC(C)c2ccccc2C)s1. The molecular formula is C15H20N2S. The highest BCUT2D eigenvalue weighted by Gasteiger charge is 2.08. The fourth-order valence-electron chi connectivity index (χ4n) is 2.03. The Labute approximate surface area is 113 Å². The van der Waals surface area contributed by atoms with Crippen molar-refractivity contribution in [3.63, 3.8) is 0 Å². The van der Waals surface area contributed by atoms with E-state index in [1.54, 1.807) is 11.3 Å². The van der Waals surface area contributed by atoms with Gasteiger partial charge in [-0.2, -0.15) is 0 Å². The van der Waals surface area contributed by atoms with Crippen molar-refractivity contribution < 1.29 is 0 Å². The summed E-state index contributed by atoms with van der Waals surface area (Å²) in [6.45, 7) is 7.42. The number of aryl methyl sites for hydroxylation is 2. The molecule has 18 heavy (non-hydrogen) atoms. The monoisotopic (exact) mass is 260 g/mol. The first-order valence-electron chi connectivity index (χ1n) is 6.43. The van der Waals surface area contributed by atoms with Crippen LogP contribution in [0.3, 0.4) is 0 Å². The van der Waals surface area contributed by atoms with E-state index in [2.05, 4.69) is 55.3 Å². The molecule has 0 aliphatic heterocycles. The highest BCUT2D eigenvalue weighted by Crippen LogP contribution is 2.19. The molecule has 0 amide bonds. The first-order chi connectivity index (χ1) is 8.70. The fraction of sp³-hybridized carbons (Fsp3) is 0.400. The lowest BCUT2D eigenvalue weighted by Crippen LogP contribution is -2.18. The maximum Gasteiger partial charge on any atom is 0.0925 e. The van der Waals surface area contributed by atoms with Crippen molar-refractivity contribution in [1.29, 1.82) is 0 Å². The number of hydrogen-bond acceptors (Lipinski definition) is 3. The van der Waals surface area contributed by atoms with E-state index in [9.17, 15) is 0 Å². The van der Waals surface area contributed by atoms with Crippen LogP contribution < -0.4 is 5.32 Å². The van der Waals surface area contributed by atoms with Crippen LogP contribution in [0.4, 0.5) is 0 Å². The lowest BCUT2D eigenvalue weighted by atomic mass is 10.0. The Balaban J connectivity index is 1.96. The number of aromatic nitrogens is 1. The van der Waals surface area contributed by atoms with Crippen molar-refractivity contribution in [3.05, 3.63) is 51.5 Å². The van der Waals surface area contributed by atoms with Crippen LogP contribution in [0, 0.1) is 6.92 Å². The summed E-state index contributed by atoms with van der Waals surface area (Å²) in [5, 5.41) is 4.78. The van der Waals surface area contributed by atoms with E-state index in [-0.39, 0.29) is 0 Å². The second-order valence-electron chi connectivity index (χ2n) is 4.53. The first kappa shape index (κ1) is 13.2. The van der Waals surface area contributed by atoms with E-state index >= 15 is 0 Å². The number of benzene rings is 1. The predicted octanol–water partition coefficient (Wildman–Crippen LogP) is 3.86. The van der Waals surface area contributed by atoms with Gasteiger partial charge in [-0.25, -0.2) is 4.98 Å². The highest BCUT2D eigenvalue weighted by atomic mass is 32.1. The topological polar surface area (TPSA) is 24.9 Å². The van der Waals surface area contributed by atoms with E-state index in [0.717, 1.165) is 13.0 Å². The van der Waals surface area contributed by atoms with Gasteiger partial charge in [-0.15, -0.1) is 11.3 Å². The largest absolute Gasteiger partial charge is 0.305 e. The molecule has 2 rings (SSSR count). The Hall–Kier alpha value is -1.19. The zero-order valence-electron chi connectivity index (χ0n) is 11.2. The summed E-state index contributed by atoms with van der Waals surface area (Å²) in [5.74, 6) is 0. The standard InChI is InChI=1S/C15H20N2S/c1-4-15-17-10-13(18-15)9-16-12(3)14-8-6-5-7-11(14)2/h5-8,10,12,16H,4,9H2,1-3H3. The maximum absolute atomic E-state index is 4.38. The summed E-state index contributed by atoms with van der Waals surface area (Å²) in [5.41, 5.74) is 2.72. The molecule has 0 saturated heterocycles. The Morgan fingerprint density at radius 1 is 1.33 bits per heavy atom. The third-order valence-corrected chi connectivity index (χ3v) is 4.28. The number of nitrogens with one attached hydrogen (secondary N) is 1. The van der Waals surface area contributed by atoms with Crippen LogP contribution in [0.25, 0.3) is 0 Å². The van der Waals surface area contributed by atoms with Crippen LogP contribution in [0.1, 0.15) is 40.9 Å². The van der Waals surface area contributed by atoms with Gasteiger partial charge in [-0.1, -0.05) is 31.2 Å². The summed E-state index contributed by atoms with van der Waals surface area (Å²) >= 11 is 1.80. The highest BCUT2D eigenvalue weighted by molar-refractivity contribution is 7.11. The molecule has 0 aliphatic carbocycles. The summed E-state index contributed by atoms with van der Waals surface area (Å²) in [6.07, 6.45) is 3.01. The zero-order chi connectivity index (χ0) is 13.0. The van der Waals surface area contributed by atoms with Gasteiger partial charge in [0.2, 0.25) is 0 Å². The van der Waals surface area contributed by atoms with Gasteiger partial charge in [0.05, 0.1) is 5.01 Å². The van der Waals surface area contributed by atoms with Crippen molar-refractivity contribution in [3.8, 4) is 0 Å². The second kappa shape index (κ2) is 6.12. The van der Waals surface area contributed by atoms with Gasteiger partial charge in [-0.05, 0) is 31.4 Å². The molecule has 1 aromatic carbocycles. The van der Waals surface area contributed by atoms with Gasteiger partial charge in [0.1, 0.15) is 0 Å². The summed E-state index contributed by atoms with van der Waals surface area (Å²) in [4.78, 5) is 5.69. The van der Waals surface area contributed by atoms with E-state index in [0.29, 0.717) is 6.04 Å². The molecule has 1 unspecified atom stereocenters. The molecule has 0 bridgehead atoms. The molecule has 96 valence electrons. The minimum absolute atomic E-state index is 0.373. The Morgan fingerprint density at radius 3 is 2.78 bits per heavy atom. The molecule has 2 aromatic rings. The van der Waals surface area contributed by atoms with Crippen molar-refractivity contribution >= 4 is 11.3 Å². The van der Waals surface area contributed by atoms with Gasteiger partial charge in [0, 0.05) is 23.7 Å². The van der Waals surface area contributed by atoms with Crippen molar-refractivity contribution in [1.82, 2.24) is 10.3 Å². The normalized spacial score (nSPS) is 12.6. The van der Waals surface area contributed by atoms with Crippen LogP contribution in [0.5, 0.6) is 0 Å². The fourth-order valence-corrected chi connectivity index (χ4v) is 2.84. The molecule has 0 radical (unpaired) electrons. The van der Waals surface area contributed by atoms with Crippen LogP contribution in [0.2, 0.25) is 0 Å². The molecular weight excluding hydrogens is 240 g/mol. The van der Waals surface area contributed by atoms with Gasteiger partial charge in [-0.3, -0.25) is 0 Å². The molecule has 1 aromatic heterocycles. The minimum Gasteiger partial charge on any atom is -0.305 e. The molecule has 0 spiro atoms. The van der Waals surface area contributed by atoms with Crippen molar-refractivity contribution in [2.45, 2.75) is 39.8 Å². The Bertz CT molecular complexity index is 505. The van der Waals surface area contributed by atoms with Crippen molar-refractivity contribution in [2.24, 2.45) is 0 Å². The molecule has 1 N–H and O–H groups in total. The summed E-state index contributed by atoms with van der Waals surface area (Å²) in [7, 11) is 0. The number of hydrogen-bond donors (Lipinski definition) is 1. The van der Waals surface area contributed by atoms with Gasteiger partial charge >= 0.3 is 0 Å². The first-order valence-corrected chi connectivity index (χ1v) is 7.25. The predicted molar refractivity (Wildman–Crippen MR) is 77.9 cm³/mol. The minimum atomic E-state index is 0.373. The third kappa shape index (κ3) is 3.18.